The monoisotopic (exact) mass is 296 g/mol. The van der Waals surface area contributed by atoms with Gasteiger partial charge in [0, 0.05) is 19.0 Å². The van der Waals surface area contributed by atoms with Gasteiger partial charge >= 0.3 is 0 Å². The molecule has 0 aliphatic rings. The molecule has 2 aromatic heterocycles. The van der Waals surface area contributed by atoms with Crippen LogP contribution in [0.1, 0.15) is 31.2 Å². The second-order valence-corrected chi connectivity index (χ2v) is 6.44. The number of hydrogen-bond acceptors (Lipinski definition) is 6. The minimum Gasteiger partial charge on any atom is -0.382 e. The fourth-order valence-electron chi connectivity index (χ4n) is 1.97. The highest BCUT2D eigenvalue weighted by Gasteiger charge is 2.18. The van der Waals surface area contributed by atoms with Crippen LogP contribution in [0, 0.1) is 6.92 Å². The van der Waals surface area contributed by atoms with E-state index in [2.05, 4.69) is 33.6 Å². The maximum absolute atomic E-state index is 6.01. The molecule has 0 amide bonds. The fraction of sp³-hybridized carbons (Fsp3) is 0.538. The molecule has 2 aromatic rings. The second kappa shape index (κ2) is 6.34. The molecule has 0 radical (unpaired) electrons. The van der Waals surface area contributed by atoms with Crippen LogP contribution in [0.2, 0.25) is 0 Å². The number of nitrogen functional groups attached to an aromatic ring is 1. The summed E-state index contributed by atoms with van der Waals surface area (Å²) in [6, 6.07) is 0. The lowest BCUT2D eigenvalue weighted by atomic mass is 10.2. The Hall–Kier alpha value is -1.14. The molecule has 0 fully saturated rings. The number of hydrogen-bond donors (Lipinski definition) is 1. The highest BCUT2D eigenvalue weighted by atomic mass is 32.1. The highest BCUT2D eigenvalue weighted by Crippen LogP contribution is 2.39. The van der Waals surface area contributed by atoms with Crippen molar-refractivity contribution in [3.63, 3.8) is 0 Å². The highest BCUT2D eigenvalue weighted by molar-refractivity contribution is 7.11. The van der Waals surface area contributed by atoms with Crippen LogP contribution in [0.5, 0.6) is 0 Å². The van der Waals surface area contributed by atoms with Crippen LogP contribution in [-0.4, -0.2) is 22.9 Å². The molecule has 0 bridgehead atoms. The Balaban J connectivity index is 2.22. The molecule has 0 atom stereocenters. The van der Waals surface area contributed by atoms with E-state index in [0.29, 0.717) is 5.82 Å². The van der Waals surface area contributed by atoms with E-state index in [1.54, 1.807) is 11.3 Å². The van der Waals surface area contributed by atoms with Gasteiger partial charge in [0.05, 0.1) is 16.3 Å². The Labute approximate surface area is 122 Å². The van der Waals surface area contributed by atoms with Gasteiger partial charge in [-0.1, -0.05) is 19.8 Å². The van der Waals surface area contributed by atoms with E-state index >= 15 is 0 Å². The predicted molar refractivity (Wildman–Crippen MR) is 85.2 cm³/mol. The van der Waals surface area contributed by atoms with Crippen molar-refractivity contribution in [2.45, 2.75) is 33.1 Å². The van der Waals surface area contributed by atoms with Crippen LogP contribution < -0.4 is 10.6 Å². The SMILES string of the molecule is CCCCCN(C)c1snc(N)c1-c1csc(C)n1. The van der Waals surface area contributed by atoms with E-state index in [1.165, 1.54) is 30.8 Å². The van der Waals surface area contributed by atoms with Gasteiger partial charge < -0.3 is 10.6 Å². The Morgan fingerprint density at radius 3 is 2.79 bits per heavy atom. The van der Waals surface area contributed by atoms with Gasteiger partial charge in [-0.05, 0) is 24.9 Å². The van der Waals surface area contributed by atoms with Crippen LogP contribution >= 0.6 is 22.9 Å². The van der Waals surface area contributed by atoms with Gasteiger partial charge in [0.15, 0.2) is 0 Å². The van der Waals surface area contributed by atoms with Gasteiger partial charge in [-0.2, -0.15) is 4.37 Å². The summed E-state index contributed by atoms with van der Waals surface area (Å²) in [6.07, 6.45) is 3.68. The third-order valence-corrected chi connectivity index (χ3v) is 4.77. The van der Waals surface area contributed by atoms with E-state index in [0.717, 1.165) is 27.8 Å². The summed E-state index contributed by atoms with van der Waals surface area (Å²) in [4.78, 5) is 6.78. The summed E-state index contributed by atoms with van der Waals surface area (Å²) in [5, 5.41) is 4.23. The molecule has 2 rings (SSSR count). The first-order chi connectivity index (χ1) is 9.13. The first-order valence-electron chi connectivity index (χ1n) is 6.52. The molecule has 0 aliphatic heterocycles. The molecule has 104 valence electrons. The van der Waals surface area contributed by atoms with E-state index < -0.39 is 0 Å². The molecular weight excluding hydrogens is 276 g/mol. The average Bonchev–Trinajstić information content (AvgIpc) is 2.95. The zero-order chi connectivity index (χ0) is 13.8. The number of nitrogens with zero attached hydrogens (tertiary/aromatic N) is 3. The molecule has 0 unspecified atom stereocenters. The number of thiazole rings is 1. The fourth-order valence-corrected chi connectivity index (χ4v) is 3.38. The van der Waals surface area contributed by atoms with E-state index in [9.17, 15) is 0 Å². The molecule has 0 aliphatic carbocycles. The van der Waals surface area contributed by atoms with Crippen LogP contribution in [-0.2, 0) is 0 Å². The first kappa shape index (κ1) is 14.3. The largest absolute Gasteiger partial charge is 0.382 e. The van der Waals surface area contributed by atoms with Gasteiger partial charge in [-0.25, -0.2) is 4.98 Å². The lowest BCUT2D eigenvalue weighted by molar-refractivity contribution is 0.707. The van der Waals surface area contributed by atoms with E-state index in [-0.39, 0.29) is 0 Å². The Bertz CT molecular complexity index is 532. The zero-order valence-corrected chi connectivity index (χ0v) is 13.3. The molecule has 19 heavy (non-hydrogen) atoms. The number of nitrogens with two attached hydrogens (primary N) is 1. The summed E-state index contributed by atoms with van der Waals surface area (Å²) in [7, 11) is 2.10. The number of rotatable bonds is 6. The number of aryl methyl sites for hydroxylation is 1. The van der Waals surface area contributed by atoms with Crippen molar-refractivity contribution < 1.29 is 0 Å². The lowest BCUT2D eigenvalue weighted by Crippen LogP contribution is -2.18. The maximum Gasteiger partial charge on any atom is 0.148 e. The second-order valence-electron chi connectivity index (χ2n) is 4.63. The molecule has 0 spiro atoms. The standard InChI is InChI=1S/C13H20N4S2/c1-4-5-6-7-17(3)13-11(12(14)16-19-13)10-8-18-9(2)15-10/h8H,4-7H2,1-3H3,(H2,14,16). The van der Waals surface area contributed by atoms with Crippen molar-refractivity contribution in [2.75, 3.05) is 24.2 Å². The molecule has 2 N–H and O–H groups in total. The minimum atomic E-state index is 0.590. The van der Waals surface area contributed by atoms with Crippen molar-refractivity contribution in [3.8, 4) is 11.3 Å². The van der Waals surface area contributed by atoms with Crippen LogP contribution in [0.15, 0.2) is 5.38 Å². The molecule has 0 aromatic carbocycles. The molecule has 6 heteroatoms. The van der Waals surface area contributed by atoms with Crippen molar-refractivity contribution in [3.05, 3.63) is 10.4 Å². The molecule has 2 heterocycles. The molecule has 0 saturated carbocycles. The van der Waals surface area contributed by atoms with Gasteiger partial charge in [-0.15, -0.1) is 11.3 Å². The summed E-state index contributed by atoms with van der Waals surface area (Å²) in [5.41, 5.74) is 7.96. The molecular formula is C13H20N4S2. The number of unbranched alkanes of at least 4 members (excludes halogenated alkanes) is 2. The van der Waals surface area contributed by atoms with Crippen LogP contribution in [0.25, 0.3) is 11.3 Å². The van der Waals surface area contributed by atoms with Crippen molar-refractivity contribution in [1.82, 2.24) is 9.36 Å². The van der Waals surface area contributed by atoms with Crippen molar-refractivity contribution in [2.24, 2.45) is 0 Å². The molecule has 0 saturated heterocycles. The van der Waals surface area contributed by atoms with Crippen molar-refractivity contribution in [1.29, 1.82) is 0 Å². The normalized spacial score (nSPS) is 10.9. The smallest absolute Gasteiger partial charge is 0.148 e. The third-order valence-electron chi connectivity index (χ3n) is 3.02. The Morgan fingerprint density at radius 2 is 2.16 bits per heavy atom. The van der Waals surface area contributed by atoms with E-state index in [1.807, 2.05) is 6.92 Å². The Kier molecular flexibility index (Phi) is 4.76. The number of anilines is 2. The lowest BCUT2D eigenvalue weighted by Gasteiger charge is -2.17. The Morgan fingerprint density at radius 1 is 1.37 bits per heavy atom. The minimum absolute atomic E-state index is 0.590. The van der Waals surface area contributed by atoms with Crippen LogP contribution in [0.3, 0.4) is 0 Å². The first-order valence-corrected chi connectivity index (χ1v) is 8.17. The quantitative estimate of drug-likeness (QED) is 0.824. The topological polar surface area (TPSA) is 55.0 Å². The maximum atomic E-state index is 6.01. The van der Waals surface area contributed by atoms with Crippen molar-refractivity contribution >= 4 is 33.7 Å². The third kappa shape index (κ3) is 3.25. The van der Waals surface area contributed by atoms with Crippen LogP contribution in [0.4, 0.5) is 10.8 Å². The summed E-state index contributed by atoms with van der Waals surface area (Å²) >= 11 is 3.11. The molecule has 4 nitrogen and oxygen atoms in total. The summed E-state index contributed by atoms with van der Waals surface area (Å²) in [5.74, 6) is 0.590. The zero-order valence-electron chi connectivity index (χ0n) is 11.6. The van der Waals surface area contributed by atoms with Gasteiger partial charge in [0.1, 0.15) is 10.8 Å². The van der Waals surface area contributed by atoms with Gasteiger partial charge in [-0.3, -0.25) is 0 Å². The number of aromatic nitrogens is 2. The van der Waals surface area contributed by atoms with E-state index in [4.69, 9.17) is 5.73 Å². The van der Waals surface area contributed by atoms with Gasteiger partial charge in [0.2, 0.25) is 0 Å². The summed E-state index contributed by atoms with van der Waals surface area (Å²) in [6.45, 7) is 5.26. The predicted octanol–water partition coefficient (Wildman–Crippen LogP) is 3.78. The average molecular weight is 296 g/mol. The summed E-state index contributed by atoms with van der Waals surface area (Å²) < 4.78 is 4.29. The van der Waals surface area contributed by atoms with Gasteiger partial charge in [0.25, 0.3) is 0 Å².